The van der Waals surface area contributed by atoms with Gasteiger partial charge in [-0.05, 0) is 96.2 Å². The van der Waals surface area contributed by atoms with Gasteiger partial charge in [0.05, 0.1) is 5.92 Å². The van der Waals surface area contributed by atoms with Crippen LogP contribution in [0.2, 0.25) is 0 Å². The highest BCUT2D eigenvalue weighted by molar-refractivity contribution is 6.00. The van der Waals surface area contributed by atoms with Crippen LogP contribution in [0.5, 0.6) is 5.75 Å². The van der Waals surface area contributed by atoms with Gasteiger partial charge in [0.1, 0.15) is 11.6 Å². The molecule has 4 aromatic rings. The van der Waals surface area contributed by atoms with E-state index in [-0.39, 0.29) is 24.1 Å². The van der Waals surface area contributed by atoms with Crippen molar-refractivity contribution in [1.82, 2.24) is 15.1 Å². The van der Waals surface area contributed by atoms with E-state index in [2.05, 4.69) is 80.7 Å². The number of phenols is 1. The lowest BCUT2D eigenvalue weighted by Gasteiger charge is -2.43. The molecule has 1 aliphatic carbocycles. The summed E-state index contributed by atoms with van der Waals surface area (Å²) >= 11 is 0. The van der Waals surface area contributed by atoms with Crippen LogP contribution < -0.4 is 10.2 Å². The van der Waals surface area contributed by atoms with E-state index in [1.54, 1.807) is 12.1 Å². The number of nitrogens with one attached hydrogen (secondary N) is 1. The number of rotatable bonds is 7. The van der Waals surface area contributed by atoms with Crippen molar-refractivity contribution in [2.45, 2.75) is 68.9 Å². The van der Waals surface area contributed by atoms with E-state index in [1.165, 1.54) is 27.9 Å². The summed E-state index contributed by atoms with van der Waals surface area (Å²) in [6, 6.07) is 31.9. The molecule has 2 amide bonds. The molecule has 0 aromatic heterocycles. The fourth-order valence-electron chi connectivity index (χ4n) is 9.15. The Morgan fingerprint density at radius 3 is 2.20 bits per heavy atom. The maximum absolute atomic E-state index is 15.1. The summed E-state index contributed by atoms with van der Waals surface area (Å²) in [4.78, 5) is 31.3. The van der Waals surface area contributed by atoms with Gasteiger partial charge in [-0.2, -0.15) is 0 Å². The zero-order valence-corrected chi connectivity index (χ0v) is 29.1. The van der Waals surface area contributed by atoms with Gasteiger partial charge in [0.25, 0.3) is 0 Å². The Bertz CT molecular complexity index is 1870. The fraction of sp³-hybridized carbons (Fsp3) is 0.395. The number of carbonyl (C=O) groups excluding carboxylic acids is 2. The SMILES string of the molecule is O=C1CCC(c2ccc(CN3CCN(C4CCN(c5ccc([C@@H]6c7ccc(O)cc7CC[C@@H]6c6ccccc6)cc5)CC4)CC3)cc2F)C(=O)N1. The number of aryl methyl sites for hydroxylation is 1. The number of hydrogen-bond donors (Lipinski definition) is 2. The molecule has 0 saturated carbocycles. The molecule has 0 radical (unpaired) electrons. The maximum atomic E-state index is 15.1. The van der Waals surface area contributed by atoms with Crippen molar-refractivity contribution in [1.29, 1.82) is 0 Å². The molecule has 264 valence electrons. The molecule has 4 aromatic carbocycles. The van der Waals surface area contributed by atoms with Gasteiger partial charge in [-0.1, -0.05) is 60.7 Å². The maximum Gasteiger partial charge on any atom is 0.234 e. The Morgan fingerprint density at radius 1 is 0.725 bits per heavy atom. The topological polar surface area (TPSA) is 76.1 Å². The first-order valence-corrected chi connectivity index (χ1v) is 18.7. The quantitative estimate of drug-likeness (QED) is 0.211. The van der Waals surface area contributed by atoms with Crippen LogP contribution in [0.1, 0.15) is 83.2 Å². The number of aromatic hydroxyl groups is 1. The third kappa shape index (κ3) is 7.17. The molecule has 3 atom stereocenters. The van der Waals surface area contributed by atoms with Crippen molar-refractivity contribution in [2.75, 3.05) is 44.2 Å². The monoisotopic (exact) mass is 686 g/mol. The summed E-state index contributed by atoms with van der Waals surface area (Å²) in [5.74, 6) is -0.651. The van der Waals surface area contributed by atoms with Crippen LogP contribution in [0.3, 0.4) is 0 Å². The Labute approximate surface area is 300 Å². The van der Waals surface area contributed by atoms with Crippen molar-refractivity contribution < 1.29 is 19.1 Å². The first-order valence-electron chi connectivity index (χ1n) is 18.7. The normalized spacial score (nSPS) is 23.5. The molecule has 3 heterocycles. The minimum absolute atomic E-state index is 0.244. The highest BCUT2D eigenvalue weighted by Gasteiger charge is 2.33. The number of hydrogen-bond acceptors (Lipinski definition) is 6. The minimum atomic E-state index is -0.601. The van der Waals surface area contributed by atoms with E-state index >= 15 is 4.39 Å². The van der Waals surface area contributed by atoms with Gasteiger partial charge in [0.15, 0.2) is 0 Å². The summed E-state index contributed by atoms with van der Waals surface area (Å²) in [6.45, 7) is 6.70. The van der Waals surface area contributed by atoms with Crippen LogP contribution in [0, 0.1) is 5.82 Å². The predicted octanol–water partition coefficient (Wildman–Crippen LogP) is 6.70. The first-order chi connectivity index (χ1) is 24.9. The standard InChI is InChI=1S/C43H47FN4O3/c44-40-26-29(6-13-38(40)39-16-17-41(50)45-43(39)51)28-46-22-24-48(25-23-46)34-18-20-47(21-19-34)33-10-7-31(8-11-33)42-36(30-4-2-1-3-5-30)14-9-32-27-35(49)12-15-37(32)42/h1-8,10-13,15,26-27,34,36,39,42,49H,9,14,16-25,28H2,(H,45,50,51)/t36-,39?,42+/m1/s1. The molecule has 0 bridgehead atoms. The Kier molecular flexibility index (Phi) is 9.62. The third-order valence-corrected chi connectivity index (χ3v) is 11.9. The number of amides is 2. The zero-order chi connectivity index (χ0) is 34.9. The molecule has 8 rings (SSSR count). The number of phenolic OH excluding ortho intramolecular Hbond substituents is 1. The second kappa shape index (κ2) is 14.6. The Hall–Kier alpha value is -4.53. The number of piperazine rings is 1. The highest BCUT2D eigenvalue weighted by atomic mass is 19.1. The van der Waals surface area contributed by atoms with E-state index < -0.39 is 11.8 Å². The molecule has 51 heavy (non-hydrogen) atoms. The molecule has 0 spiro atoms. The average Bonchev–Trinajstić information content (AvgIpc) is 3.16. The number of carbonyl (C=O) groups is 2. The van der Waals surface area contributed by atoms with Gasteiger partial charge < -0.3 is 10.0 Å². The largest absolute Gasteiger partial charge is 0.508 e. The summed E-state index contributed by atoms with van der Waals surface area (Å²) < 4.78 is 15.1. The van der Waals surface area contributed by atoms with Gasteiger partial charge in [-0.3, -0.25) is 24.7 Å². The van der Waals surface area contributed by atoms with E-state index in [9.17, 15) is 14.7 Å². The number of imide groups is 1. The van der Waals surface area contributed by atoms with Crippen LogP contribution in [0.15, 0.2) is 91.0 Å². The van der Waals surface area contributed by atoms with Gasteiger partial charge in [0, 0.05) is 75.4 Å². The number of anilines is 1. The van der Waals surface area contributed by atoms with Crippen molar-refractivity contribution in [2.24, 2.45) is 0 Å². The van der Waals surface area contributed by atoms with Crippen LogP contribution in [0.25, 0.3) is 0 Å². The second-order valence-electron chi connectivity index (χ2n) is 14.9. The molecule has 3 aliphatic heterocycles. The van der Waals surface area contributed by atoms with Crippen LogP contribution in [-0.2, 0) is 22.6 Å². The van der Waals surface area contributed by atoms with Crippen molar-refractivity contribution >= 4 is 17.5 Å². The minimum Gasteiger partial charge on any atom is -0.508 e. The fourth-order valence-corrected chi connectivity index (χ4v) is 9.15. The Morgan fingerprint density at radius 2 is 1.47 bits per heavy atom. The summed E-state index contributed by atoms with van der Waals surface area (Å²) in [6.07, 6.45) is 4.92. The van der Waals surface area contributed by atoms with Gasteiger partial charge in [0.2, 0.25) is 11.8 Å². The highest BCUT2D eigenvalue weighted by Crippen LogP contribution is 2.47. The molecule has 8 heteroatoms. The van der Waals surface area contributed by atoms with Crippen molar-refractivity contribution in [3.63, 3.8) is 0 Å². The molecule has 4 aliphatic rings. The van der Waals surface area contributed by atoms with E-state index in [4.69, 9.17) is 0 Å². The van der Waals surface area contributed by atoms with Crippen LogP contribution in [0.4, 0.5) is 10.1 Å². The number of benzene rings is 4. The van der Waals surface area contributed by atoms with E-state index in [0.717, 1.165) is 70.5 Å². The smallest absolute Gasteiger partial charge is 0.234 e. The van der Waals surface area contributed by atoms with E-state index in [1.807, 2.05) is 18.2 Å². The number of nitrogens with zero attached hydrogens (tertiary/aromatic N) is 3. The Balaban J connectivity index is 0.852. The van der Waals surface area contributed by atoms with Crippen LogP contribution >= 0.6 is 0 Å². The summed E-state index contributed by atoms with van der Waals surface area (Å²) in [5.41, 5.74) is 7.88. The molecule has 7 nitrogen and oxygen atoms in total. The lowest BCUT2D eigenvalue weighted by molar-refractivity contribution is -0.134. The average molecular weight is 687 g/mol. The number of piperidine rings is 2. The van der Waals surface area contributed by atoms with Gasteiger partial charge in [-0.15, -0.1) is 0 Å². The summed E-state index contributed by atoms with van der Waals surface area (Å²) in [5, 5.41) is 12.5. The molecule has 2 N–H and O–H groups in total. The molecule has 3 saturated heterocycles. The predicted molar refractivity (Wildman–Crippen MR) is 198 cm³/mol. The van der Waals surface area contributed by atoms with E-state index in [0.29, 0.717) is 36.2 Å². The molecule has 1 unspecified atom stereocenters. The number of fused-ring (bicyclic) bond motifs is 1. The van der Waals surface area contributed by atoms with Crippen molar-refractivity contribution in [3.05, 3.63) is 130 Å². The van der Waals surface area contributed by atoms with Crippen molar-refractivity contribution in [3.8, 4) is 5.75 Å². The molecule has 3 fully saturated rings. The molecular formula is C43H47FN4O3. The third-order valence-electron chi connectivity index (χ3n) is 11.9. The lowest BCUT2D eigenvalue weighted by Crippen LogP contribution is -2.53. The zero-order valence-electron chi connectivity index (χ0n) is 29.1. The second-order valence-corrected chi connectivity index (χ2v) is 14.9. The first kappa shape index (κ1) is 33.6. The molecular weight excluding hydrogens is 639 g/mol. The lowest BCUT2D eigenvalue weighted by atomic mass is 9.69. The number of halogens is 1. The summed E-state index contributed by atoms with van der Waals surface area (Å²) in [7, 11) is 0. The van der Waals surface area contributed by atoms with Gasteiger partial charge >= 0.3 is 0 Å². The van der Waals surface area contributed by atoms with Crippen LogP contribution in [-0.4, -0.2) is 72.0 Å². The van der Waals surface area contributed by atoms with Gasteiger partial charge in [-0.25, -0.2) is 4.39 Å².